The molecule has 20 heavy (non-hydrogen) atoms. The lowest BCUT2D eigenvalue weighted by Gasteiger charge is -2.19. The van der Waals surface area contributed by atoms with Crippen LogP contribution in [-0.4, -0.2) is 49.3 Å². The third kappa shape index (κ3) is 5.28. The Bertz CT molecular complexity index is 479. The van der Waals surface area contributed by atoms with Gasteiger partial charge in [-0.3, -0.25) is 4.79 Å². The van der Waals surface area contributed by atoms with Gasteiger partial charge in [-0.15, -0.1) is 0 Å². The average Bonchev–Trinajstić information content (AvgIpc) is 2.44. The predicted molar refractivity (Wildman–Crippen MR) is 76.0 cm³/mol. The fourth-order valence-corrected chi connectivity index (χ4v) is 1.73. The van der Waals surface area contributed by atoms with E-state index in [-0.39, 0.29) is 24.1 Å². The molecular formula is C14H17ClFNO3. The summed E-state index contributed by atoms with van der Waals surface area (Å²) < 4.78 is 17.9. The van der Waals surface area contributed by atoms with Crippen LogP contribution in [0.15, 0.2) is 24.3 Å². The molecule has 0 fully saturated rings. The van der Waals surface area contributed by atoms with E-state index in [1.807, 2.05) is 0 Å². The number of benzene rings is 1. The first-order chi connectivity index (χ1) is 9.58. The fourth-order valence-electron chi connectivity index (χ4n) is 1.54. The van der Waals surface area contributed by atoms with Gasteiger partial charge < -0.3 is 14.7 Å². The molecule has 0 bridgehead atoms. The molecule has 0 saturated carbocycles. The second kappa shape index (κ2) is 8.68. The van der Waals surface area contributed by atoms with Crippen LogP contribution >= 0.6 is 11.6 Å². The number of aliphatic hydroxyl groups excluding tert-OH is 1. The SMILES string of the molecule is COCCN(CCO)C(=O)/C=C/c1ccc(F)c(Cl)c1. The molecule has 0 atom stereocenters. The summed E-state index contributed by atoms with van der Waals surface area (Å²) in [4.78, 5) is 13.4. The number of carbonyl (C=O) groups excluding carboxylic acids is 1. The lowest BCUT2D eigenvalue weighted by atomic mass is 10.2. The number of aliphatic hydroxyl groups is 1. The zero-order valence-electron chi connectivity index (χ0n) is 11.2. The highest BCUT2D eigenvalue weighted by Gasteiger charge is 2.09. The monoisotopic (exact) mass is 301 g/mol. The van der Waals surface area contributed by atoms with Gasteiger partial charge in [0, 0.05) is 26.3 Å². The van der Waals surface area contributed by atoms with Crippen molar-refractivity contribution in [2.75, 3.05) is 33.4 Å². The average molecular weight is 302 g/mol. The topological polar surface area (TPSA) is 49.8 Å². The molecule has 1 amide bonds. The molecule has 1 N–H and O–H groups in total. The maximum Gasteiger partial charge on any atom is 0.246 e. The molecule has 0 spiro atoms. The van der Waals surface area contributed by atoms with E-state index < -0.39 is 5.82 Å². The summed E-state index contributed by atoms with van der Waals surface area (Å²) in [6, 6.07) is 4.20. The summed E-state index contributed by atoms with van der Waals surface area (Å²) in [7, 11) is 1.54. The van der Waals surface area contributed by atoms with E-state index >= 15 is 0 Å². The van der Waals surface area contributed by atoms with Crippen molar-refractivity contribution in [1.82, 2.24) is 4.90 Å². The lowest BCUT2D eigenvalue weighted by Crippen LogP contribution is -2.34. The second-order valence-corrected chi connectivity index (χ2v) is 4.46. The number of hydrogen-bond donors (Lipinski definition) is 1. The zero-order chi connectivity index (χ0) is 15.0. The highest BCUT2D eigenvalue weighted by molar-refractivity contribution is 6.30. The van der Waals surface area contributed by atoms with Crippen LogP contribution in [-0.2, 0) is 9.53 Å². The Balaban J connectivity index is 2.70. The van der Waals surface area contributed by atoms with Crippen molar-refractivity contribution in [3.63, 3.8) is 0 Å². The molecular weight excluding hydrogens is 285 g/mol. The molecule has 0 aliphatic heterocycles. The number of carbonyl (C=O) groups is 1. The molecule has 0 radical (unpaired) electrons. The maximum atomic E-state index is 13.0. The molecule has 0 heterocycles. The molecule has 1 aromatic rings. The Hall–Kier alpha value is -1.43. The third-order valence-corrected chi connectivity index (χ3v) is 2.90. The standard InChI is InChI=1S/C14H17ClFNO3/c1-20-9-7-17(6-8-18)14(19)5-3-11-2-4-13(16)12(15)10-11/h2-5,10,18H,6-9H2,1H3/b5-3+. The van der Waals surface area contributed by atoms with Gasteiger partial charge in [0.05, 0.1) is 18.2 Å². The van der Waals surface area contributed by atoms with Crippen LogP contribution in [0.4, 0.5) is 4.39 Å². The van der Waals surface area contributed by atoms with Crippen LogP contribution in [0.5, 0.6) is 0 Å². The minimum Gasteiger partial charge on any atom is -0.395 e. The van der Waals surface area contributed by atoms with Crippen molar-refractivity contribution in [3.05, 3.63) is 40.7 Å². The number of halogens is 2. The highest BCUT2D eigenvalue weighted by Crippen LogP contribution is 2.16. The normalized spacial score (nSPS) is 11.0. The Morgan fingerprint density at radius 2 is 2.25 bits per heavy atom. The van der Waals surface area contributed by atoms with E-state index in [0.717, 1.165) is 0 Å². The van der Waals surface area contributed by atoms with E-state index in [2.05, 4.69) is 0 Å². The minimum atomic E-state index is -0.503. The van der Waals surface area contributed by atoms with Crippen molar-refractivity contribution in [3.8, 4) is 0 Å². The van der Waals surface area contributed by atoms with Gasteiger partial charge in [-0.2, -0.15) is 0 Å². The van der Waals surface area contributed by atoms with E-state index in [0.29, 0.717) is 18.7 Å². The van der Waals surface area contributed by atoms with E-state index in [1.54, 1.807) is 6.08 Å². The first-order valence-electron chi connectivity index (χ1n) is 6.10. The Morgan fingerprint density at radius 1 is 1.50 bits per heavy atom. The van der Waals surface area contributed by atoms with Crippen molar-refractivity contribution in [2.24, 2.45) is 0 Å². The first-order valence-corrected chi connectivity index (χ1v) is 6.48. The molecule has 0 saturated heterocycles. The maximum absolute atomic E-state index is 13.0. The van der Waals surface area contributed by atoms with Crippen LogP contribution in [0.25, 0.3) is 6.08 Å². The summed E-state index contributed by atoms with van der Waals surface area (Å²) >= 11 is 5.66. The van der Waals surface area contributed by atoms with Gasteiger partial charge in [0.1, 0.15) is 5.82 Å². The van der Waals surface area contributed by atoms with Crippen molar-refractivity contribution in [2.45, 2.75) is 0 Å². The van der Waals surface area contributed by atoms with Gasteiger partial charge in [0.2, 0.25) is 5.91 Å². The quantitative estimate of drug-likeness (QED) is 0.783. The van der Waals surface area contributed by atoms with Gasteiger partial charge in [-0.05, 0) is 23.8 Å². The molecule has 0 aliphatic rings. The zero-order valence-corrected chi connectivity index (χ0v) is 11.9. The fraction of sp³-hybridized carbons (Fsp3) is 0.357. The van der Waals surface area contributed by atoms with Gasteiger partial charge in [-0.1, -0.05) is 17.7 Å². The van der Waals surface area contributed by atoms with Crippen LogP contribution in [0, 0.1) is 5.82 Å². The van der Waals surface area contributed by atoms with Crippen molar-refractivity contribution >= 4 is 23.6 Å². The molecule has 6 heteroatoms. The minimum absolute atomic E-state index is 0.00574. The summed E-state index contributed by atoms with van der Waals surface area (Å²) in [5, 5.41) is 8.92. The highest BCUT2D eigenvalue weighted by atomic mass is 35.5. The number of methoxy groups -OCH3 is 1. The summed E-state index contributed by atoms with van der Waals surface area (Å²) in [5.41, 5.74) is 0.625. The second-order valence-electron chi connectivity index (χ2n) is 4.05. The molecule has 1 rings (SSSR count). The molecule has 0 aliphatic carbocycles. The number of rotatable bonds is 7. The molecule has 4 nitrogen and oxygen atoms in total. The number of amides is 1. The molecule has 1 aromatic carbocycles. The van der Waals surface area contributed by atoms with Gasteiger partial charge in [0.15, 0.2) is 0 Å². The Morgan fingerprint density at radius 3 is 2.85 bits per heavy atom. The number of hydrogen-bond acceptors (Lipinski definition) is 3. The molecule has 0 unspecified atom stereocenters. The summed E-state index contributed by atoms with van der Waals surface area (Å²) in [6.45, 7) is 0.898. The number of nitrogens with zero attached hydrogens (tertiary/aromatic N) is 1. The Kier molecular flexibility index (Phi) is 7.22. The number of ether oxygens (including phenoxy) is 1. The summed E-state index contributed by atoms with van der Waals surface area (Å²) in [6.07, 6.45) is 2.90. The van der Waals surface area contributed by atoms with Crippen LogP contribution in [0.2, 0.25) is 5.02 Å². The van der Waals surface area contributed by atoms with Crippen LogP contribution in [0.1, 0.15) is 5.56 Å². The van der Waals surface area contributed by atoms with E-state index in [9.17, 15) is 9.18 Å². The Labute approximate surface area is 122 Å². The third-order valence-electron chi connectivity index (χ3n) is 2.61. The smallest absolute Gasteiger partial charge is 0.246 e. The lowest BCUT2D eigenvalue weighted by molar-refractivity contribution is -0.127. The van der Waals surface area contributed by atoms with Crippen LogP contribution in [0.3, 0.4) is 0 Å². The van der Waals surface area contributed by atoms with E-state index in [4.69, 9.17) is 21.4 Å². The molecule has 110 valence electrons. The summed E-state index contributed by atoms with van der Waals surface area (Å²) in [5.74, 6) is -0.756. The largest absolute Gasteiger partial charge is 0.395 e. The van der Waals surface area contributed by atoms with Crippen LogP contribution < -0.4 is 0 Å². The van der Waals surface area contributed by atoms with Gasteiger partial charge >= 0.3 is 0 Å². The van der Waals surface area contributed by atoms with Gasteiger partial charge in [0.25, 0.3) is 0 Å². The molecule has 0 aromatic heterocycles. The predicted octanol–water partition coefficient (Wildman–Crippen LogP) is 1.96. The van der Waals surface area contributed by atoms with Crippen molar-refractivity contribution < 1.29 is 19.0 Å². The first kappa shape index (κ1) is 16.6. The van der Waals surface area contributed by atoms with E-state index in [1.165, 1.54) is 36.3 Å². The van der Waals surface area contributed by atoms with Crippen molar-refractivity contribution in [1.29, 1.82) is 0 Å². The van der Waals surface area contributed by atoms with Gasteiger partial charge in [-0.25, -0.2) is 4.39 Å².